The van der Waals surface area contributed by atoms with Gasteiger partial charge >= 0.3 is 0 Å². The predicted octanol–water partition coefficient (Wildman–Crippen LogP) is 4.98. The van der Waals surface area contributed by atoms with Gasteiger partial charge in [-0.3, -0.25) is 4.98 Å². The van der Waals surface area contributed by atoms with E-state index in [9.17, 15) is 9.50 Å². The van der Waals surface area contributed by atoms with E-state index in [0.29, 0.717) is 24.8 Å². The summed E-state index contributed by atoms with van der Waals surface area (Å²) >= 11 is 0. The zero-order valence-corrected chi connectivity index (χ0v) is 16.7. The zero-order valence-electron chi connectivity index (χ0n) is 16.7. The van der Waals surface area contributed by atoms with Crippen LogP contribution in [0.5, 0.6) is 0 Å². The SMILES string of the molecule is C[C@]12Cc3cnn(-c4ccc(F)cc4)c3C=C1CCC[C@]2(F)[C@@H](O)c1ccncc1. The highest BCUT2D eigenvalue weighted by atomic mass is 19.1. The van der Waals surface area contributed by atoms with Crippen LogP contribution in [0.25, 0.3) is 11.8 Å². The number of nitrogens with zero attached hydrogens (tertiary/aromatic N) is 3. The third kappa shape index (κ3) is 2.74. The number of benzene rings is 1. The van der Waals surface area contributed by atoms with Crippen molar-refractivity contribution in [2.45, 2.75) is 44.4 Å². The zero-order chi connectivity index (χ0) is 20.9. The molecule has 30 heavy (non-hydrogen) atoms. The monoisotopic (exact) mass is 407 g/mol. The smallest absolute Gasteiger partial charge is 0.150 e. The molecule has 3 aromatic rings. The van der Waals surface area contributed by atoms with Gasteiger partial charge in [0.05, 0.1) is 17.6 Å². The number of aliphatic hydroxyl groups excluding tert-OH is 1. The Labute approximate surface area is 173 Å². The fourth-order valence-corrected chi connectivity index (χ4v) is 5.11. The number of allylic oxidation sites excluding steroid dienone is 1. The van der Waals surface area contributed by atoms with Gasteiger partial charge in [0, 0.05) is 17.8 Å². The summed E-state index contributed by atoms with van der Waals surface area (Å²) in [4.78, 5) is 3.98. The molecule has 0 amide bonds. The molecule has 3 atom stereocenters. The van der Waals surface area contributed by atoms with Crippen molar-refractivity contribution in [2.24, 2.45) is 5.41 Å². The number of halogens is 2. The molecule has 0 unspecified atom stereocenters. The second-order valence-corrected chi connectivity index (χ2v) is 8.52. The minimum absolute atomic E-state index is 0.297. The molecule has 0 aliphatic heterocycles. The third-order valence-corrected chi connectivity index (χ3v) is 6.88. The van der Waals surface area contributed by atoms with Crippen LogP contribution in [0.15, 0.2) is 60.6 Å². The van der Waals surface area contributed by atoms with Crippen LogP contribution in [0.2, 0.25) is 0 Å². The van der Waals surface area contributed by atoms with Gasteiger partial charge in [-0.1, -0.05) is 12.5 Å². The molecule has 1 aromatic carbocycles. The van der Waals surface area contributed by atoms with E-state index < -0.39 is 17.2 Å². The van der Waals surface area contributed by atoms with Gasteiger partial charge in [0.2, 0.25) is 0 Å². The van der Waals surface area contributed by atoms with E-state index in [2.05, 4.69) is 10.1 Å². The van der Waals surface area contributed by atoms with Gasteiger partial charge in [-0.15, -0.1) is 0 Å². The number of aromatic nitrogens is 3. The maximum atomic E-state index is 16.7. The Morgan fingerprint density at radius 3 is 2.60 bits per heavy atom. The molecule has 4 nitrogen and oxygen atoms in total. The molecule has 0 saturated heterocycles. The first-order valence-corrected chi connectivity index (χ1v) is 10.2. The molecule has 6 heteroatoms. The molecule has 1 saturated carbocycles. The predicted molar refractivity (Wildman–Crippen MR) is 110 cm³/mol. The molecule has 1 fully saturated rings. The molecule has 0 spiro atoms. The molecule has 2 aromatic heterocycles. The van der Waals surface area contributed by atoms with Crippen LogP contribution in [0.1, 0.15) is 49.1 Å². The second-order valence-electron chi connectivity index (χ2n) is 8.52. The number of fused-ring (bicyclic) bond motifs is 2. The molecule has 2 heterocycles. The van der Waals surface area contributed by atoms with Crippen LogP contribution >= 0.6 is 0 Å². The van der Waals surface area contributed by atoms with Crippen molar-refractivity contribution >= 4 is 6.08 Å². The summed E-state index contributed by atoms with van der Waals surface area (Å²) in [5, 5.41) is 15.6. The van der Waals surface area contributed by atoms with Gasteiger partial charge in [0.15, 0.2) is 0 Å². The van der Waals surface area contributed by atoms with E-state index in [1.54, 1.807) is 47.5 Å². The minimum atomic E-state index is -1.80. The highest BCUT2D eigenvalue weighted by molar-refractivity contribution is 5.62. The van der Waals surface area contributed by atoms with Gasteiger partial charge in [0.25, 0.3) is 0 Å². The molecule has 5 rings (SSSR count). The standard InChI is InChI=1S/C24H23F2N3O/c1-23-14-17-15-28-29(20-6-4-19(25)5-7-20)21(17)13-18(23)3-2-10-24(23,26)22(30)16-8-11-27-12-9-16/h4-9,11-13,15,22,30H,2-3,10,14H2,1H3/t22-,23-,24-/m0/s1. The van der Waals surface area contributed by atoms with Crippen molar-refractivity contribution in [3.05, 3.63) is 83.2 Å². The third-order valence-electron chi connectivity index (χ3n) is 6.88. The van der Waals surface area contributed by atoms with Crippen LogP contribution < -0.4 is 0 Å². The minimum Gasteiger partial charge on any atom is -0.385 e. The normalized spacial score (nSPS) is 26.5. The summed E-state index contributed by atoms with van der Waals surface area (Å²) < 4.78 is 31.8. The van der Waals surface area contributed by atoms with Gasteiger partial charge < -0.3 is 5.11 Å². The second kappa shape index (κ2) is 6.84. The quantitative estimate of drug-likeness (QED) is 0.666. The van der Waals surface area contributed by atoms with Gasteiger partial charge in [0.1, 0.15) is 17.6 Å². The van der Waals surface area contributed by atoms with E-state index in [1.165, 1.54) is 12.1 Å². The lowest BCUT2D eigenvalue weighted by atomic mass is 9.56. The highest BCUT2D eigenvalue weighted by Crippen LogP contribution is 2.59. The number of rotatable bonds is 3. The Balaban J connectivity index is 1.57. The van der Waals surface area contributed by atoms with Crippen LogP contribution in [-0.4, -0.2) is 25.5 Å². The average molecular weight is 407 g/mol. The Hall–Kier alpha value is -2.86. The van der Waals surface area contributed by atoms with E-state index >= 15 is 4.39 Å². The van der Waals surface area contributed by atoms with E-state index in [1.807, 2.05) is 13.0 Å². The number of hydrogen-bond acceptors (Lipinski definition) is 3. The molecule has 2 aliphatic carbocycles. The molecule has 0 bridgehead atoms. The Bertz CT molecular complexity index is 1110. The van der Waals surface area contributed by atoms with Crippen LogP contribution in [0.3, 0.4) is 0 Å². The number of pyridine rings is 1. The van der Waals surface area contributed by atoms with Gasteiger partial charge in [-0.25, -0.2) is 13.5 Å². The Morgan fingerprint density at radius 2 is 1.87 bits per heavy atom. The van der Waals surface area contributed by atoms with Crippen LogP contribution in [-0.2, 0) is 6.42 Å². The summed E-state index contributed by atoms with van der Waals surface area (Å²) in [6.45, 7) is 1.92. The van der Waals surface area contributed by atoms with Crippen molar-refractivity contribution in [2.75, 3.05) is 0 Å². The van der Waals surface area contributed by atoms with Crippen LogP contribution in [0, 0.1) is 11.2 Å². The van der Waals surface area contributed by atoms with Crippen molar-refractivity contribution in [1.29, 1.82) is 0 Å². The molecular weight excluding hydrogens is 384 g/mol. The first-order valence-electron chi connectivity index (χ1n) is 10.2. The van der Waals surface area contributed by atoms with E-state index in [0.717, 1.165) is 28.9 Å². The van der Waals surface area contributed by atoms with Crippen molar-refractivity contribution in [3.63, 3.8) is 0 Å². The highest BCUT2D eigenvalue weighted by Gasteiger charge is 2.58. The fraction of sp³-hybridized carbons (Fsp3) is 0.333. The first kappa shape index (κ1) is 19.1. The molecule has 154 valence electrons. The fourth-order valence-electron chi connectivity index (χ4n) is 5.11. The van der Waals surface area contributed by atoms with E-state index in [4.69, 9.17) is 0 Å². The summed E-state index contributed by atoms with van der Waals surface area (Å²) in [5.41, 5.74) is 1.49. The number of alkyl halides is 1. The van der Waals surface area contributed by atoms with Crippen LogP contribution in [0.4, 0.5) is 8.78 Å². The summed E-state index contributed by atoms with van der Waals surface area (Å²) in [6.07, 6.45) is 7.89. The number of aliphatic hydroxyl groups is 1. The summed E-state index contributed by atoms with van der Waals surface area (Å²) in [5.74, 6) is -0.301. The average Bonchev–Trinajstić information content (AvgIpc) is 3.16. The van der Waals surface area contributed by atoms with Crippen molar-refractivity contribution < 1.29 is 13.9 Å². The lowest BCUT2D eigenvalue weighted by Crippen LogP contribution is -2.53. The van der Waals surface area contributed by atoms with Gasteiger partial charge in [-0.2, -0.15) is 5.10 Å². The maximum Gasteiger partial charge on any atom is 0.150 e. The molecular formula is C24H23F2N3O. The Morgan fingerprint density at radius 1 is 1.13 bits per heavy atom. The molecule has 1 N–H and O–H groups in total. The van der Waals surface area contributed by atoms with E-state index in [-0.39, 0.29) is 5.82 Å². The van der Waals surface area contributed by atoms with Gasteiger partial charge in [-0.05, 0) is 79.3 Å². The number of hydrogen-bond donors (Lipinski definition) is 1. The summed E-state index contributed by atoms with van der Waals surface area (Å²) in [7, 11) is 0. The summed E-state index contributed by atoms with van der Waals surface area (Å²) in [6, 6.07) is 9.52. The topological polar surface area (TPSA) is 50.9 Å². The lowest BCUT2D eigenvalue weighted by Gasteiger charge is -2.52. The van der Waals surface area contributed by atoms with Crippen molar-refractivity contribution in [3.8, 4) is 5.69 Å². The van der Waals surface area contributed by atoms with Crippen molar-refractivity contribution in [1.82, 2.24) is 14.8 Å². The largest absolute Gasteiger partial charge is 0.385 e. The lowest BCUT2D eigenvalue weighted by molar-refractivity contribution is -0.101. The first-order chi connectivity index (χ1) is 14.4. The maximum absolute atomic E-state index is 16.7. The Kier molecular flexibility index (Phi) is 4.36. The molecule has 2 aliphatic rings. The molecule has 0 radical (unpaired) electrons.